The van der Waals surface area contributed by atoms with Crippen molar-refractivity contribution in [2.24, 2.45) is 0 Å². The predicted octanol–water partition coefficient (Wildman–Crippen LogP) is 4.88. The van der Waals surface area contributed by atoms with Crippen molar-refractivity contribution in [3.8, 4) is 34.3 Å². The van der Waals surface area contributed by atoms with Crippen LogP contribution in [0.15, 0.2) is 78.1 Å². The van der Waals surface area contributed by atoms with E-state index in [1.807, 2.05) is 59.3 Å². The number of ether oxygens (including phenoxy) is 3. The Kier molecular flexibility index (Phi) is 5.70. The van der Waals surface area contributed by atoms with Gasteiger partial charge in [0.1, 0.15) is 5.75 Å². The van der Waals surface area contributed by atoms with Gasteiger partial charge in [-0.25, -0.2) is 0 Å². The summed E-state index contributed by atoms with van der Waals surface area (Å²) in [6.45, 7) is 0.182. The first-order valence-corrected chi connectivity index (χ1v) is 12.2. The SMILES string of the molecule is COc1cccc(-n2c(SCC(=O)Nc3ccc4c(c3)OCO4)nnc2-c2c[nH]c3ccccc23)c1. The first-order valence-electron chi connectivity index (χ1n) is 11.2. The van der Waals surface area contributed by atoms with Crippen molar-refractivity contribution in [2.75, 3.05) is 25.0 Å². The number of thioether (sulfide) groups is 1. The quantitative estimate of drug-likeness (QED) is 0.308. The molecule has 6 rings (SSSR count). The van der Waals surface area contributed by atoms with E-state index >= 15 is 0 Å². The zero-order valence-electron chi connectivity index (χ0n) is 19.2. The van der Waals surface area contributed by atoms with Gasteiger partial charge < -0.3 is 24.5 Å². The van der Waals surface area contributed by atoms with E-state index in [2.05, 4.69) is 20.5 Å². The molecule has 2 aromatic heterocycles. The van der Waals surface area contributed by atoms with Gasteiger partial charge in [0.15, 0.2) is 22.5 Å². The highest BCUT2D eigenvalue weighted by molar-refractivity contribution is 7.99. The maximum Gasteiger partial charge on any atom is 0.234 e. The lowest BCUT2D eigenvalue weighted by molar-refractivity contribution is -0.113. The van der Waals surface area contributed by atoms with Gasteiger partial charge in [-0.2, -0.15) is 0 Å². The molecule has 0 aliphatic carbocycles. The van der Waals surface area contributed by atoms with E-state index in [1.165, 1.54) is 11.8 Å². The normalized spacial score (nSPS) is 12.1. The van der Waals surface area contributed by atoms with E-state index in [9.17, 15) is 4.79 Å². The lowest BCUT2D eigenvalue weighted by Crippen LogP contribution is -2.14. The number of nitrogens with zero attached hydrogens (tertiary/aromatic N) is 3. The molecule has 0 atom stereocenters. The molecule has 10 heteroatoms. The van der Waals surface area contributed by atoms with Crippen LogP contribution in [0.25, 0.3) is 28.0 Å². The van der Waals surface area contributed by atoms with E-state index in [1.54, 1.807) is 25.3 Å². The Morgan fingerprint density at radius 1 is 1.08 bits per heavy atom. The van der Waals surface area contributed by atoms with Gasteiger partial charge >= 0.3 is 0 Å². The number of methoxy groups -OCH3 is 1. The zero-order valence-corrected chi connectivity index (χ0v) is 20.0. The summed E-state index contributed by atoms with van der Waals surface area (Å²) in [5, 5.41) is 13.5. The van der Waals surface area contributed by atoms with Crippen LogP contribution < -0.4 is 19.5 Å². The summed E-state index contributed by atoms with van der Waals surface area (Å²) in [7, 11) is 1.63. The number of aromatic amines is 1. The number of hydrogen-bond donors (Lipinski definition) is 2. The van der Waals surface area contributed by atoms with Crippen molar-refractivity contribution in [1.29, 1.82) is 0 Å². The third-order valence-corrected chi connectivity index (χ3v) is 6.69. The number of benzene rings is 3. The standard InChI is InChI=1S/C26H21N5O4S/c1-33-18-6-4-5-17(12-18)31-25(20-13-27-21-8-3-2-7-19(20)21)29-30-26(31)36-14-24(32)28-16-9-10-22-23(11-16)35-15-34-22/h2-13,27H,14-15H2,1H3,(H,28,32). The highest BCUT2D eigenvalue weighted by Gasteiger charge is 2.20. The summed E-state index contributed by atoms with van der Waals surface area (Å²) in [6.07, 6.45) is 1.92. The minimum Gasteiger partial charge on any atom is -0.497 e. The van der Waals surface area contributed by atoms with Crippen molar-refractivity contribution < 1.29 is 19.0 Å². The molecule has 36 heavy (non-hydrogen) atoms. The molecule has 1 aliphatic rings. The second-order valence-electron chi connectivity index (χ2n) is 8.00. The van der Waals surface area contributed by atoms with E-state index in [0.29, 0.717) is 33.9 Å². The monoisotopic (exact) mass is 499 g/mol. The molecule has 0 unspecified atom stereocenters. The molecule has 180 valence electrons. The fourth-order valence-corrected chi connectivity index (χ4v) is 4.83. The molecule has 0 radical (unpaired) electrons. The van der Waals surface area contributed by atoms with Gasteiger partial charge in [0.2, 0.25) is 12.7 Å². The fraction of sp³-hybridized carbons (Fsp3) is 0.115. The van der Waals surface area contributed by atoms with Crippen LogP contribution in [-0.2, 0) is 4.79 Å². The van der Waals surface area contributed by atoms with Gasteiger partial charge in [-0.1, -0.05) is 36.0 Å². The van der Waals surface area contributed by atoms with Crippen LogP contribution in [-0.4, -0.2) is 45.3 Å². The number of para-hydroxylation sites is 1. The molecule has 0 spiro atoms. The number of H-pyrrole nitrogens is 1. The van der Waals surface area contributed by atoms with Gasteiger partial charge in [-0.3, -0.25) is 9.36 Å². The number of hydrogen-bond acceptors (Lipinski definition) is 7. The number of aromatic nitrogens is 4. The smallest absolute Gasteiger partial charge is 0.234 e. The number of rotatable bonds is 7. The highest BCUT2D eigenvalue weighted by atomic mass is 32.2. The number of carbonyl (C=O) groups excluding carboxylic acids is 1. The molecular formula is C26H21N5O4S. The Hall–Kier alpha value is -4.44. The van der Waals surface area contributed by atoms with Crippen LogP contribution in [0.3, 0.4) is 0 Å². The van der Waals surface area contributed by atoms with Gasteiger partial charge in [-0.15, -0.1) is 10.2 Å². The second-order valence-corrected chi connectivity index (χ2v) is 8.94. The van der Waals surface area contributed by atoms with Crippen LogP contribution in [0.2, 0.25) is 0 Å². The Bertz CT molecular complexity index is 1580. The molecule has 1 amide bonds. The third kappa shape index (κ3) is 4.11. The van der Waals surface area contributed by atoms with Crippen LogP contribution in [0.1, 0.15) is 0 Å². The molecular weight excluding hydrogens is 478 g/mol. The van der Waals surface area contributed by atoms with Gasteiger partial charge in [-0.05, 0) is 30.3 Å². The predicted molar refractivity (Wildman–Crippen MR) is 137 cm³/mol. The molecule has 3 aromatic carbocycles. The average molecular weight is 500 g/mol. The number of anilines is 1. The maximum absolute atomic E-state index is 12.8. The third-order valence-electron chi connectivity index (χ3n) is 5.76. The van der Waals surface area contributed by atoms with Crippen LogP contribution in [0.4, 0.5) is 5.69 Å². The van der Waals surface area contributed by atoms with Crippen molar-refractivity contribution in [2.45, 2.75) is 5.16 Å². The lowest BCUT2D eigenvalue weighted by Gasteiger charge is -2.11. The Morgan fingerprint density at radius 2 is 1.97 bits per heavy atom. The van der Waals surface area contributed by atoms with Gasteiger partial charge in [0.25, 0.3) is 0 Å². The first kappa shape index (κ1) is 22.1. The van der Waals surface area contributed by atoms with E-state index < -0.39 is 0 Å². The minimum absolute atomic E-state index is 0.143. The molecule has 5 aromatic rings. The van der Waals surface area contributed by atoms with Crippen molar-refractivity contribution in [3.05, 3.63) is 72.9 Å². The van der Waals surface area contributed by atoms with Gasteiger partial charge in [0.05, 0.1) is 18.6 Å². The van der Waals surface area contributed by atoms with E-state index in [4.69, 9.17) is 14.2 Å². The van der Waals surface area contributed by atoms with Gasteiger partial charge in [0, 0.05) is 40.5 Å². The molecule has 0 saturated heterocycles. The number of nitrogens with one attached hydrogen (secondary N) is 2. The van der Waals surface area contributed by atoms with Crippen molar-refractivity contribution >= 4 is 34.3 Å². The van der Waals surface area contributed by atoms with Crippen molar-refractivity contribution in [1.82, 2.24) is 19.7 Å². The van der Waals surface area contributed by atoms with Crippen LogP contribution >= 0.6 is 11.8 Å². The van der Waals surface area contributed by atoms with Crippen LogP contribution in [0.5, 0.6) is 17.2 Å². The second kappa shape index (κ2) is 9.31. The summed E-state index contributed by atoms with van der Waals surface area (Å²) in [6, 6.07) is 21.0. The number of amides is 1. The highest BCUT2D eigenvalue weighted by Crippen LogP contribution is 2.35. The maximum atomic E-state index is 12.8. The molecule has 0 saturated carbocycles. The summed E-state index contributed by atoms with van der Waals surface area (Å²) in [4.78, 5) is 16.1. The largest absolute Gasteiger partial charge is 0.497 e. The summed E-state index contributed by atoms with van der Waals surface area (Å²) in [5.74, 6) is 2.62. The minimum atomic E-state index is -0.173. The summed E-state index contributed by atoms with van der Waals surface area (Å²) in [5.41, 5.74) is 3.39. The van der Waals surface area contributed by atoms with E-state index in [0.717, 1.165) is 22.2 Å². The average Bonchev–Trinajstić information content (AvgIpc) is 3.65. The van der Waals surface area contributed by atoms with E-state index in [-0.39, 0.29) is 18.5 Å². The topological polar surface area (TPSA) is 103 Å². The Morgan fingerprint density at radius 3 is 2.89 bits per heavy atom. The molecule has 1 aliphatic heterocycles. The molecule has 9 nitrogen and oxygen atoms in total. The summed E-state index contributed by atoms with van der Waals surface area (Å²) >= 11 is 1.30. The Balaban J connectivity index is 1.30. The number of carbonyl (C=O) groups is 1. The Labute approximate surface area is 210 Å². The fourth-order valence-electron chi connectivity index (χ4n) is 4.08. The number of fused-ring (bicyclic) bond motifs is 2. The van der Waals surface area contributed by atoms with Crippen LogP contribution in [0, 0.1) is 0 Å². The van der Waals surface area contributed by atoms with Crippen molar-refractivity contribution in [3.63, 3.8) is 0 Å². The zero-order chi connectivity index (χ0) is 24.5. The molecule has 0 bridgehead atoms. The summed E-state index contributed by atoms with van der Waals surface area (Å²) < 4.78 is 18.1. The lowest BCUT2D eigenvalue weighted by atomic mass is 10.1. The molecule has 0 fully saturated rings. The first-order chi connectivity index (χ1) is 17.7. The molecule has 3 heterocycles. The molecule has 2 N–H and O–H groups in total.